The Morgan fingerprint density at radius 2 is 1.86 bits per heavy atom. The van der Waals surface area contributed by atoms with E-state index in [0.29, 0.717) is 36.7 Å². The monoisotopic (exact) mass is 419 g/mol. The molecule has 29 heavy (non-hydrogen) atoms. The Labute approximate surface area is 170 Å². The van der Waals surface area contributed by atoms with Crippen molar-refractivity contribution in [3.05, 3.63) is 58.1 Å². The SMILES string of the molecule is CCOc1ccc(NCc2ccccc2[N+](=O)[O-])cc1S(=O)(=O)N1CCCCC1. The molecule has 0 amide bonds. The van der Waals surface area contributed by atoms with Crippen LogP contribution in [0.15, 0.2) is 47.4 Å². The van der Waals surface area contributed by atoms with E-state index in [9.17, 15) is 18.5 Å². The van der Waals surface area contributed by atoms with Gasteiger partial charge in [0.15, 0.2) is 0 Å². The van der Waals surface area contributed by atoms with Crippen molar-refractivity contribution in [2.75, 3.05) is 25.0 Å². The zero-order valence-electron chi connectivity index (χ0n) is 16.3. The molecule has 1 aliphatic rings. The first-order valence-corrected chi connectivity index (χ1v) is 11.1. The number of rotatable bonds is 8. The molecule has 2 aromatic carbocycles. The second kappa shape index (κ2) is 9.23. The maximum atomic E-state index is 13.2. The highest BCUT2D eigenvalue weighted by atomic mass is 32.2. The number of hydrogen-bond acceptors (Lipinski definition) is 6. The Kier molecular flexibility index (Phi) is 6.71. The molecule has 0 radical (unpaired) electrons. The minimum absolute atomic E-state index is 0.0205. The van der Waals surface area contributed by atoms with Gasteiger partial charge in [0.25, 0.3) is 5.69 Å². The standard InChI is InChI=1S/C20H25N3O5S/c1-2-28-19-11-10-17(21-15-16-8-4-5-9-18(16)23(24)25)14-20(19)29(26,27)22-12-6-3-7-13-22/h4-5,8-11,14,21H,2-3,6-7,12-13,15H2,1H3. The van der Waals surface area contributed by atoms with Crippen LogP contribution in [-0.2, 0) is 16.6 Å². The van der Waals surface area contributed by atoms with Crippen LogP contribution in [0.1, 0.15) is 31.7 Å². The van der Waals surface area contributed by atoms with Crippen molar-refractivity contribution < 1.29 is 18.1 Å². The fraction of sp³-hybridized carbons (Fsp3) is 0.400. The zero-order valence-corrected chi connectivity index (χ0v) is 17.2. The Balaban J connectivity index is 1.88. The molecule has 0 unspecified atom stereocenters. The van der Waals surface area contributed by atoms with Crippen LogP contribution in [-0.4, -0.2) is 37.3 Å². The molecule has 0 aromatic heterocycles. The lowest BCUT2D eigenvalue weighted by Crippen LogP contribution is -2.35. The largest absolute Gasteiger partial charge is 0.492 e. The van der Waals surface area contributed by atoms with Crippen LogP contribution in [0.4, 0.5) is 11.4 Å². The van der Waals surface area contributed by atoms with E-state index < -0.39 is 14.9 Å². The topological polar surface area (TPSA) is 102 Å². The number of benzene rings is 2. The highest BCUT2D eigenvalue weighted by molar-refractivity contribution is 7.89. The number of nitro groups is 1. The number of ether oxygens (including phenoxy) is 1. The lowest BCUT2D eigenvalue weighted by atomic mass is 10.2. The third-order valence-corrected chi connectivity index (χ3v) is 6.77. The maximum absolute atomic E-state index is 13.2. The molecule has 156 valence electrons. The number of sulfonamides is 1. The van der Waals surface area contributed by atoms with Crippen LogP contribution >= 0.6 is 0 Å². The van der Waals surface area contributed by atoms with Gasteiger partial charge in [0.05, 0.1) is 11.5 Å². The Bertz CT molecular complexity index is 972. The molecule has 0 aliphatic carbocycles. The number of nitrogens with zero attached hydrogens (tertiary/aromatic N) is 2. The molecule has 2 aromatic rings. The second-order valence-electron chi connectivity index (χ2n) is 6.80. The third-order valence-electron chi connectivity index (χ3n) is 4.85. The predicted molar refractivity (Wildman–Crippen MR) is 111 cm³/mol. The number of anilines is 1. The fourth-order valence-corrected chi connectivity index (χ4v) is 5.05. The summed E-state index contributed by atoms with van der Waals surface area (Å²) in [5.74, 6) is 0.314. The Morgan fingerprint density at radius 1 is 1.14 bits per heavy atom. The van der Waals surface area contributed by atoms with Gasteiger partial charge in [0.1, 0.15) is 10.6 Å². The second-order valence-corrected chi connectivity index (χ2v) is 8.71. The number of nitrogens with one attached hydrogen (secondary N) is 1. The van der Waals surface area contributed by atoms with Crippen molar-refractivity contribution in [3.8, 4) is 5.75 Å². The Morgan fingerprint density at radius 3 is 2.55 bits per heavy atom. The van der Waals surface area contributed by atoms with Crippen LogP contribution in [0.5, 0.6) is 5.75 Å². The first-order chi connectivity index (χ1) is 13.9. The molecule has 1 saturated heterocycles. The summed E-state index contributed by atoms with van der Waals surface area (Å²) in [4.78, 5) is 10.9. The molecule has 0 atom stereocenters. The molecule has 1 fully saturated rings. The lowest BCUT2D eigenvalue weighted by Gasteiger charge is -2.27. The molecular weight excluding hydrogens is 394 g/mol. The minimum Gasteiger partial charge on any atom is -0.492 e. The van der Waals surface area contributed by atoms with Gasteiger partial charge < -0.3 is 10.1 Å². The van der Waals surface area contributed by atoms with Gasteiger partial charge in [0, 0.05) is 37.0 Å². The van der Waals surface area contributed by atoms with E-state index in [1.807, 2.05) is 0 Å². The van der Waals surface area contributed by atoms with Crippen LogP contribution in [0, 0.1) is 10.1 Å². The van der Waals surface area contributed by atoms with Gasteiger partial charge in [-0.25, -0.2) is 8.42 Å². The van der Waals surface area contributed by atoms with Crippen molar-refractivity contribution >= 4 is 21.4 Å². The van der Waals surface area contributed by atoms with Gasteiger partial charge in [0.2, 0.25) is 10.0 Å². The van der Waals surface area contributed by atoms with Gasteiger partial charge in [-0.3, -0.25) is 10.1 Å². The quantitative estimate of drug-likeness (QED) is 0.516. The lowest BCUT2D eigenvalue weighted by molar-refractivity contribution is -0.385. The molecule has 0 saturated carbocycles. The van der Waals surface area contributed by atoms with Crippen molar-refractivity contribution in [2.24, 2.45) is 0 Å². The molecule has 0 bridgehead atoms. The maximum Gasteiger partial charge on any atom is 0.274 e. The van der Waals surface area contributed by atoms with Gasteiger partial charge in [-0.15, -0.1) is 0 Å². The first kappa shape index (κ1) is 21.1. The van der Waals surface area contributed by atoms with Crippen molar-refractivity contribution in [2.45, 2.75) is 37.6 Å². The summed E-state index contributed by atoms with van der Waals surface area (Å²) < 4.78 is 33.4. The summed E-state index contributed by atoms with van der Waals surface area (Å²) in [6.45, 7) is 3.36. The van der Waals surface area contributed by atoms with Crippen LogP contribution in [0.3, 0.4) is 0 Å². The van der Waals surface area contributed by atoms with Crippen LogP contribution in [0.2, 0.25) is 0 Å². The van der Waals surface area contributed by atoms with E-state index >= 15 is 0 Å². The van der Waals surface area contributed by atoms with E-state index in [2.05, 4.69) is 5.32 Å². The molecule has 8 nitrogen and oxygen atoms in total. The summed E-state index contributed by atoms with van der Waals surface area (Å²) in [6.07, 6.45) is 2.72. The number of piperidine rings is 1. The molecule has 1 N–H and O–H groups in total. The zero-order chi connectivity index (χ0) is 20.9. The van der Waals surface area contributed by atoms with Crippen molar-refractivity contribution in [1.82, 2.24) is 4.31 Å². The smallest absolute Gasteiger partial charge is 0.274 e. The highest BCUT2D eigenvalue weighted by Gasteiger charge is 2.29. The van der Waals surface area contributed by atoms with E-state index in [1.165, 1.54) is 10.4 Å². The predicted octanol–water partition coefficient (Wildman–Crippen LogP) is 3.78. The molecule has 1 heterocycles. The molecule has 9 heteroatoms. The minimum atomic E-state index is -3.68. The molecular formula is C20H25N3O5S. The summed E-state index contributed by atoms with van der Waals surface area (Å²) in [5, 5.41) is 14.3. The van der Waals surface area contributed by atoms with Crippen LogP contribution < -0.4 is 10.1 Å². The average Bonchev–Trinajstić information content (AvgIpc) is 2.74. The van der Waals surface area contributed by atoms with Crippen molar-refractivity contribution in [1.29, 1.82) is 0 Å². The number of para-hydroxylation sites is 1. The summed E-state index contributed by atoms with van der Waals surface area (Å²) in [5.41, 5.74) is 1.10. The van der Waals surface area contributed by atoms with Gasteiger partial charge >= 0.3 is 0 Å². The Hall–Kier alpha value is -2.65. The normalized spacial score (nSPS) is 15.1. The summed E-state index contributed by atoms with van der Waals surface area (Å²) >= 11 is 0. The molecule has 3 rings (SSSR count). The fourth-order valence-electron chi connectivity index (χ4n) is 3.37. The van der Waals surface area contributed by atoms with Gasteiger partial charge in [-0.05, 0) is 38.0 Å². The van der Waals surface area contributed by atoms with Gasteiger partial charge in [-0.2, -0.15) is 4.31 Å². The van der Waals surface area contributed by atoms with E-state index in [4.69, 9.17) is 4.74 Å². The first-order valence-electron chi connectivity index (χ1n) is 9.66. The van der Waals surface area contributed by atoms with Crippen molar-refractivity contribution in [3.63, 3.8) is 0 Å². The number of nitro benzene ring substituents is 1. The molecule has 1 aliphatic heterocycles. The summed E-state index contributed by atoms with van der Waals surface area (Å²) in [6, 6.07) is 11.4. The van der Waals surface area contributed by atoms with E-state index in [0.717, 1.165) is 19.3 Å². The van der Waals surface area contributed by atoms with E-state index in [1.54, 1.807) is 43.3 Å². The molecule has 0 spiro atoms. The number of hydrogen-bond donors (Lipinski definition) is 1. The van der Waals surface area contributed by atoms with Gasteiger partial charge in [-0.1, -0.05) is 24.6 Å². The van der Waals surface area contributed by atoms with Crippen LogP contribution in [0.25, 0.3) is 0 Å². The highest BCUT2D eigenvalue weighted by Crippen LogP contribution is 2.32. The third kappa shape index (κ3) is 4.86. The van der Waals surface area contributed by atoms with E-state index in [-0.39, 0.29) is 17.1 Å². The summed E-state index contributed by atoms with van der Waals surface area (Å²) in [7, 11) is -3.68. The average molecular weight is 420 g/mol.